The van der Waals surface area contributed by atoms with Crippen LogP contribution < -0.4 is 0 Å². The van der Waals surface area contributed by atoms with E-state index in [1.807, 2.05) is 25.1 Å². The van der Waals surface area contributed by atoms with Gasteiger partial charge in [-0.15, -0.1) is 0 Å². The first-order chi connectivity index (χ1) is 7.50. The zero-order chi connectivity index (χ0) is 12.1. The van der Waals surface area contributed by atoms with Crippen LogP contribution in [0.5, 0.6) is 0 Å². The highest BCUT2D eigenvalue weighted by atomic mass is 32.1. The summed E-state index contributed by atoms with van der Waals surface area (Å²) in [5.74, 6) is 0.804. The third-order valence-electron chi connectivity index (χ3n) is 2.60. The fourth-order valence-electron chi connectivity index (χ4n) is 1.58. The van der Waals surface area contributed by atoms with Crippen LogP contribution in [0, 0.1) is 5.92 Å². The molecule has 0 saturated heterocycles. The standard InChI is InChI=1S/C14H20OS/c1-10(2)7-8-12-5-4-6-13(9-12)14(15)11(3)16/h4-6,9-11,16H,7-8H2,1-3H3. The summed E-state index contributed by atoms with van der Waals surface area (Å²) in [7, 11) is 0. The molecular formula is C14H20OS. The summed E-state index contributed by atoms with van der Waals surface area (Å²) in [6, 6.07) is 7.91. The molecule has 88 valence electrons. The first-order valence-electron chi connectivity index (χ1n) is 5.82. The molecule has 0 N–H and O–H groups in total. The van der Waals surface area contributed by atoms with Crippen LogP contribution in [-0.4, -0.2) is 11.0 Å². The molecule has 0 aliphatic carbocycles. The van der Waals surface area contributed by atoms with Gasteiger partial charge >= 0.3 is 0 Å². The maximum absolute atomic E-state index is 11.8. The van der Waals surface area contributed by atoms with Crippen LogP contribution in [0.3, 0.4) is 0 Å². The Hall–Kier alpha value is -0.760. The van der Waals surface area contributed by atoms with Crippen molar-refractivity contribution in [3.8, 4) is 0 Å². The van der Waals surface area contributed by atoms with Crippen molar-refractivity contribution in [1.29, 1.82) is 0 Å². The van der Waals surface area contributed by atoms with Gasteiger partial charge in [-0.2, -0.15) is 12.6 Å². The quantitative estimate of drug-likeness (QED) is 0.608. The fraction of sp³-hybridized carbons (Fsp3) is 0.500. The predicted molar refractivity (Wildman–Crippen MR) is 72.4 cm³/mol. The number of aryl methyl sites for hydroxylation is 1. The van der Waals surface area contributed by atoms with E-state index in [2.05, 4.69) is 32.5 Å². The lowest BCUT2D eigenvalue weighted by molar-refractivity contribution is 0.0994. The van der Waals surface area contributed by atoms with Crippen LogP contribution in [0.25, 0.3) is 0 Å². The summed E-state index contributed by atoms with van der Waals surface area (Å²) in [5.41, 5.74) is 2.03. The van der Waals surface area contributed by atoms with E-state index in [-0.39, 0.29) is 11.0 Å². The smallest absolute Gasteiger partial charge is 0.175 e. The molecule has 1 atom stereocenters. The molecule has 0 saturated carbocycles. The van der Waals surface area contributed by atoms with E-state index in [9.17, 15) is 4.79 Å². The Bertz CT molecular complexity index is 356. The second-order valence-corrected chi connectivity index (χ2v) is 5.45. The lowest BCUT2D eigenvalue weighted by atomic mass is 9.99. The van der Waals surface area contributed by atoms with Crippen LogP contribution in [0.2, 0.25) is 0 Å². The Kier molecular flexibility index (Phi) is 5.07. The second kappa shape index (κ2) is 6.09. The molecule has 1 aromatic rings. The van der Waals surface area contributed by atoms with Gasteiger partial charge in [0.25, 0.3) is 0 Å². The molecule has 0 amide bonds. The van der Waals surface area contributed by atoms with E-state index in [1.54, 1.807) is 0 Å². The number of Topliss-reactive ketones (excluding diaryl/α,β-unsaturated/α-hetero) is 1. The Morgan fingerprint density at radius 2 is 2.00 bits per heavy atom. The van der Waals surface area contributed by atoms with Gasteiger partial charge < -0.3 is 0 Å². The molecule has 0 heterocycles. The first kappa shape index (κ1) is 13.3. The fourth-order valence-corrected chi connectivity index (χ4v) is 1.73. The summed E-state index contributed by atoms with van der Waals surface area (Å²) >= 11 is 4.17. The summed E-state index contributed by atoms with van der Waals surface area (Å²) in [5, 5.41) is -0.222. The highest BCUT2D eigenvalue weighted by Crippen LogP contribution is 2.13. The van der Waals surface area contributed by atoms with Gasteiger partial charge in [0.1, 0.15) is 0 Å². The number of hydrogen-bond acceptors (Lipinski definition) is 2. The molecule has 0 spiro atoms. The monoisotopic (exact) mass is 236 g/mol. The Balaban J connectivity index is 2.75. The maximum atomic E-state index is 11.8. The largest absolute Gasteiger partial charge is 0.293 e. The average Bonchev–Trinajstić information content (AvgIpc) is 2.25. The number of rotatable bonds is 5. The molecule has 0 aromatic heterocycles. The van der Waals surface area contributed by atoms with Gasteiger partial charge in [0.15, 0.2) is 5.78 Å². The molecule has 16 heavy (non-hydrogen) atoms. The van der Waals surface area contributed by atoms with Gasteiger partial charge in [-0.1, -0.05) is 32.0 Å². The van der Waals surface area contributed by atoms with E-state index < -0.39 is 0 Å². The highest BCUT2D eigenvalue weighted by molar-refractivity contribution is 7.81. The lowest BCUT2D eigenvalue weighted by Gasteiger charge is -2.08. The molecule has 1 nitrogen and oxygen atoms in total. The number of carbonyl (C=O) groups is 1. The Morgan fingerprint density at radius 1 is 1.31 bits per heavy atom. The minimum atomic E-state index is -0.222. The van der Waals surface area contributed by atoms with Crippen LogP contribution in [0.4, 0.5) is 0 Å². The maximum Gasteiger partial charge on any atom is 0.175 e. The number of ketones is 1. The van der Waals surface area contributed by atoms with Crippen molar-refractivity contribution in [3.05, 3.63) is 35.4 Å². The van der Waals surface area contributed by atoms with Crippen molar-refractivity contribution in [2.45, 2.75) is 38.9 Å². The van der Waals surface area contributed by atoms with Gasteiger partial charge in [-0.3, -0.25) is 4.79 Å². The van der Waals surface area contributed by atoms with Gasteiger partial charge in [-0.05, 0) is 37.3 Å². The minimum absolute atomic E-state index is 0.106. The SMILES string of the molecule is CC(C)CCc1cccc(C(=O)C(C)S)c1. The topological polar surface area (TPSA) is 17.1 Å². The summed E-state index contributed by atoms with van der Waals surface area (Å²) in [6.45, 7) is 6.24. The van der Waals surface area contributed by atoms with Crippen molar-refractivity contribution >= 4 is 18.4 Å². The number of hydrogen-bond donors (Lipinski definition) is 1. The molecule has 0 aliphatic rings. The van der Waals surface area contributed by atoms with Crippen molar-refractivity contribution in [1.82, 2.24) is 0 Å². The summed E-state index contributed by atoms with van der Waals surface area (Å²) < 4.78 is 0. The van der Waals surface area contributed by atoms with E-state index >= 15 is 0 Å². The van der Waals surface area contributed by atoms with E-state index in [0.717, 1.165) is 18.4 Å². The van der Waals surface area contributed by atoms with Crippen molar-refractivity contribution in [2.24, 2.45) is 5.92 Å². The minimum Gasteiger partial charge on any atom is -0.293 e. The molecule has 1 rings (SSSR count). The van der Waals surface area contributed by atoms with Crippen LogP contribution >= 0.6 is 12.6 Å². The lowest BCUT2D eigenvalue weighted by Crippen LogP contribution is -2.10. The zero-order valence-electron chi connectivity index (χ0n) is 10.2. The molecule has 0 bridgehead atoms. The summed E-state index contributed by atoms with van der Waals surface area (Å²) in [6.07, 6.45) is 2.20. The molecule has 0 fully saturated rings. The third kappa shape index (κ3) is 4.01. The molecule has 0 aliphatic heterocycles. The van der Waals surface area contributed by atoms with E-state index in [4.69, 9.17) is 0 Å². The molecule has 1 aromatic carbocycles. The normalized spacial score (nSPS) is 12.8. The predicted octanol–water partition coefficient (Wildman–Crippen LogP) is 3.78. The summed E-state index contributed by atoms with van der Waals surface area (Å²) in [4.78, 5) is 11.8. The van der Waals surface area contributed by atoms with Gasteiger partial charge in [-0.25, -0.2) is 0 Å². The van der Waals surface area contributed by atoms with Crippen LogP contribution in [0.1, 0.15) is 43.1 Å². The van der Waals surface area contributed by atoms with E-state index in [0.29, 0.717) is 5.92 Å². The van der Waals surface area contributed by atoms with Crippen molar-refractivity contribution < 1.29 is 4.79 Å². The highest BCUT2D eigenvalue weighted by Gasteiger charge is 2.11. The van der Waals surface area contributed by atoms with Crippen LogP contribution in [-0.2, 0) is 6.42 Å². The number of thiol groups is 1. The molecular weight excluding hydrogens is 216 g/mol. The average molecular weight is 236 g/mol. The van der Waals surface area contributed by atoms with Crippen molar-refractivity contribution in [3.63, 3.8) is 0 Å². The van der Waals surface area contributed by atoms with Gasteiger partial charge in [0.2, 0.25) is 0 Å². The van der Waals surface area contributed by atoms with Crippen molar-refractivity contribution in [2.75, 3.05) is 0 Å². The molecule has 1 unspecified atom stereocenters. The zero-order valence-corrected chi connectivity index (χ0v) is 11.1. The van der Waals surface area contributed by atoms with Crippen LogP contribution in [0.15, 0.2) is 24.3 Å². The number of benzene rings is 1. The molecule has 0 radical (unpaired) electrons. The second-order valence-electron chi connectivity index (χ2n) is 4.67. The Morgan fingerprint density at radius 3 is 2.56 bits per heavy atom. The molecule has 2 heteroatoms. The van der Waals surface area contributed by atoms with Gasteiger partial charge in [0.05, 0.1) is 5.25 Å². The van der Waals surface area contributed by atoms with E-state index in [1.165, 1.54) is 5.56 Å². The third-order valence-corrected chi connectivity index (χ3v) is 2.84. The van der Waals surface area contributed by atoms with Gasteiger partial charge in [0, 0.05) is 5.56 Å². The number of carbonyl (C=O) groups excluding carboxylic acids is 1. The Labute approximate surface area is 104 Å². The first-order valence-corrected chi connectivity index (χ1v) is 6.33.